The van der Waals surface area contributed by atoms with Gasteiger partial charge >= 0.3 is 7.60 Å². The van der Waals surface area contributed by atoms with E-state index in [-0.39, 0.29) is 12.3 Å². The molecule has 0 saturated carbocycles. The Balaban J connectivity index is 2.76. The molecular weight excluding hydrogens is 261 g/mol. The highest BCUT2D eigenvalue weighted by Crippen LogP contribution is 2.47. The lowest BCUT2D eigenvalue weighted by molar-refractivity contribution is 0.185. The van der Waals surface area contributed by atoms with E-state index in [1.54, 1.807) is 25.1 Å². The van der Waals surface area contributed by atoms with E-state index in [1.807, 2.05) is 6.92 Å². The first-order chi connectivity index (χ1) is 7.84. The van der Waals surface area contributed by atoms with E-state index in [0.29, 0.717) is 22.7 Å². The van der Waals surface area contributed by atoms with Crippen LogP contribution in [0.1, 0.15) is 25.8 Å². The van der Waals surface area contributed by atoms with Crippen molar-refractivity contribution in [3.63, 3.8) is 0 Å². The second-order valence-corrected chi connectivity index (χ2v) is 6.18. The van der Waals surface area contributed by atoms with Gasteiger partial charge in [0, 0.05) is 0 Å². The highest BCUT2D eigenvalue weighted by atomic mass is 35.5. The Labute approximate surface area is 106 Å². The minimum Gasteiger partial charge on any atom is -0.398 e. The number of hydrogen-bond acceptors (Lipinski definition) is 3. The molecule has 0 amide bonds. The molecule has 0 bridgehead atoms. The summed E-state index contributed by atoms with van der Waals surface area (Å²) < 4.78 is 16.9. The molecule has 0 radical (unpaired) electrons. The van der Waals surface area contributed by atoms with Crippen molar-refractivity contribution in [1.82, 2.24) is 0 Å². The summed E-state index contributed by atoms with van der Waals surface area (Å²) in [7, 11) is -3.62. The molecule has 96 valence electrons. The molecule has 2 unspecified atom stereocenters. The molecule has 0 fully saturated rings. The van der Waals surface area contributed by atoms with E-state index < -0.39 is 7.60 Å². The fourth-order valence-electron chi connectivity index (χ4n) is 1.29. The second kappa shape index (κ2) is 5.87. The Morgan fingerprint density at radius 3 is 2.76 bits per heavy atom. The fourth-order valence-corrected chi connectivity index (χ4v) is 2.94. The van der Waals surface area contributed by atoms with Gasteiger partial charge in [0.2, 0.25) is 0 Å². The van der Waals surface area contributed by atoms with Gasteiger partial charge in [-0.3, -0.25) is 4.57 Å². The van der Waals surface area contributed by atoms with Crippen molar-refractivity contribution in [2.24, 2.45) is 0 Å². The van der Waals surface area contributed by atoms with Crippen LogP contribution in [0, 0.1) is 0 Å². The minimum absolute atomic E-state index is 0.0582. The van der Waals surface area contributed by atoms with Crippen molar-refractivity contribution in [3.8, 4) is 0 Å². The van der Waals surface area contributed by atoms with E-state index >= 15 is 0 Å². The summed E-state index contributed by atoms with van der Waals surface area (Å²) in [6, 6.07) is 4.87. The molecule has 1 aromatic carbocycles. The molecule has 17 heavy (non-hydrogen) atoms. The molecule has 3 N–H and O–H groups in total. The highest BCUT2D eigenvalue weighted by Gasteiger charge is 2.22. The van der Waals surface area contributed by atoms with E-state index in [9.17, 15) is 9.46 Å². The third-order valence-electron chi connectivity index (χ3n) is 2.37. The second-order valence-electron chi connectivity index (χ2n) is 3.98. The van der Waals surface area contributed by atoms with Gasteiger partial charge in [-0.05, 0) is 31.0 Å². The fraction of sp³-hybridized carbons (Fsp3) is 0.455. The van der Waals surface area contributed by atoms with Crippen molar-refractivity contribution in [2.75, 3.05) is 5.73 Å². The van der Waals surface area contributed by atoms with Gasteiger partial charge in [0.1, 0.15) is 0 Å². The minimum atomic E-state index is -3.62. The molecule has 2 atom stereocenters. The van der Waals surface area contributed by atoms with E-state index in [2.05, 4.69) is 0 Å². The van der Waals surface area contributed by atoms with Crippen molar-refractivity contribution >= 4 is 24.9 Å². The van der Waals surface area contributed by atoms with E-state index in [4.69, 9.17) is 21.9 Å². The quantitative estimate of drug-likeness (QED) is 0.639. The third kappa shape index (κ3) is 4.68. The Morgan fingerprint density at radius 2 is 2.24 bits per heavy atom. The van der Waals surface area contributed by atoms with Gasteiger partial charge in [0.15, 0.2) is 0 Å². The molecule has 0 saturated heterocycles. The Kier molecular flexibility index (Phi) is 5.02. The third-order valence-corrected chi connectivity index (χ3v) is 4.15. The van der Waals surface area contributed by atoms with E-state index in [0.717, 1.165) is 0 Å². The Bertz CT molecular complexity index is 439. The predicted octanol–water partition coefficient (Wildman–Crippen LogP) is 3.42. The van der Waals surface area contributed by atoms with Crippen LogP contribution in [0.2, 0.25) is 5.02 Å². The Hall–Kier alpha value is -0.540. The summed E-state index contributed by atoms with van der Waals surface area (Å²) >= 11 is 5.84. The van der Waals surface area contributed by atoms with Crippen LogP contribution < -0.4 is 5.73 Å². The molecule has 0 spiro atoms. The van der Waals surface area contributed by atoms with Gasteiger partial charge < -0.3 is 15.2 Å². The molecule has 0 aliphatic rings. The monoisotopic (exact) mass is 277 g/mol. The summed E-state index contributed by atoms with van der Waals surface area (Å²) in [4.78, 5) is 9.69. The van der Waals surface area contributed by atoms with Crippen LogP contribution in [-0.2, 0) is 15.3 Å². The lowest BCUT2D eigenvalue weighted by atomic mass is 10.2. The van der Waals surface area contributed by atoms with Crippen molar-refractivity contribution < 1.29 is 14.0 Å². The zero-order chi connectivity index (χ0) is 13.1. The summed E-state index contributed by atoms with van der Waals surface area (Å²) in [5, 5.41) is 0.381. The average molecular weight is 278 g/mol. The molecular formula is C11H17ClNO3P. The highest BCUT2D eigenvalue weighted by molar-refractivity contribution is 7.51. The van der Waals surface area contributed by atoms with Gasteiger partial charge in [-0.25, -0.2) is 0 Å². The summed E-state index contributed by atoms with van der Waals surface area (Å²) in [6.45, 7) is 3.66. The first kappa shape index (κ1) is 14.5. The molecule has 6 heteroatoms. The molecule has 1 rings (SSSR count). The first-order valence-corrected chi connectivity index (χ1v) is 7.52. The normalized spacial score (nSPS) is 16.5. The standard InChI is InChI=1S/C11H17ClNO3P/c1-3-8(2)16-17(14,15)7-9-4-5-11(13)10(12)6-9/h4-6,8H,3,7,13H2,1-2H3,(H,14,15). The summed E-state index contributed by atoms with van der Waals surface area (Å²) in [5.74, 6) is 0. The molecule has 0 aromatic heterocycles. The molecule has 0 aliphatic heterocycles. The number of benzene rings is 1. The number of nitrogen functional groups attached to an aromatic ring is 1. The largest absolute Gasteiger partial charge is 0.398 e. The van der Waals surface area contributed by atoms with Gasteiger partial charge in [-0.2, -0.15) is 0 Å². The summed E-state index contributed by atoms with van der Waals surface area (Å²) in [6.07, 6.45) is 0.389. The smallest absolute Gasteiger partial charge is 0.332 e. The molecule has 1 aromatic rings. The lowest BCUT2D eigenvalue weighted by Crippen LogP contribution is -2.05. The maximum Gasteiger partial charge on any atom is 0.332 e. The Morgan fingerprint density at radius 1 is 1.59 bits per heavy atom. The molecule has 0 aliphatic carbocycles. The van der Waals surface area contributed by atoms with Crippen LogP contribution in [0.4, 0.5) is 5.69 Å². The number of anilines is 1. The first-order valence-electron chi connectivity index (χ1n) is 5.38. The zero-order valence-electron chi connectivity index (χ0n) is 9.89. The SMILES string of the molecule is CCC(C)OP(=O)(O)Cc1ccc(N)c(Cl)c1. The topological polar surface area (TPSA) is 72.5 Å². The van der Waals surface area contributed by atoms with Crippen LogP contribution in [0.3, 0.4) is 0 Å². The maximum absolute atomic E-state index is 11.8. The lowest BCUT2D eigenvalue weighted by Gasteiger charge is -2.16. The van der Waals surface area contributed by atoms with Crippen molar-refractivity contribution in [3.05, 3.63) is 28.8 Å². The number of nitrogens with two attached hydrogens (primary N) is 1. The van der Waals surface area contributed by atoms with Gasteiger partial charge in [0.05, 0.1) is 23.0 Å². The van der Waals surface area contributed by atoms with E-state index in [1.165, 1.54) is 0 Å². The van der Waals surface area contributed by atoms with Crippen LogP contribution >= 0.6 is 19.2 Å². The van der Waals surface area contributed by atoms with Crippen molar-refractivity contribution in [1.29, 1.82) is 0 Å². The number of halogens is 1. The average Bonchev–Trinajstić information content (AvgIpc) is 2.22. The van der Waals surface area contributed by atoms with Gasteiger partial charge in [0.25, 0.3) is 0 Å². The van der Waals surface area contributed by atoms with Crippen LogP contribution in [-0.4, -0.2) is 11.0 Å². The van der Waals surface area contributed by atoms with Crippen molar-refractivity contribution in [2.45, 2.75) is 32.5 Å². The van der Waals surface area contributed by atoms with Crippen LogP contribution in [0.25, 0.3) is 0 Å². The maximum atomic E-state index is 11.8. The molecule has 4 nitrogen and oxygen atoms in total. The predicted molar refractivity (Wildman–Crippen MR) is 70.2 cm³/mol. The van der Waals surface area contributed by atoms with Gasteiger partial charge in [-0.1, -0.05) is 24.6 Å². The van der Waals surface area contributed by atoms with Gasteiger partial charge in [-0.15, -0.1) is 0 Å². The number of hydrogen-bond donors (Lipinski definition) is 2. The summed E-state index contributed by atoms with van der Waals surface area (Å²) in [5.41, 5.74) is 6.65. The molecule has 0 heterocycles. The van der Waals surface area contributed by atoms with Crippen LogP contribution in [0.15, 0.2) is 18.2 Å². The van der Waals surface area contributed by atoms with Crippen LogP contribution in [0.5, 0.6) is 0 Å². The zero-order valence-corrected chi connectivity index (χ0v) is 11.5. The number of rotatable bonds is 5.